The van der Waals surface area contributed by atoms with Crippen LogP contribution in [0, 0.1) is 11.3 Å². The molecule has 24 nitrogen and oxygen atoms in total. The number of nitrogens with two attached hydrogens (primary N) is 2. The van der Waals surface area contributed by atoms with Crippen molar-refractivity contribution < 1.29 is 60.6 Å². The van der Waals surface area contributed by atoms with Crippen molar-refractivity contribution in [1.82, 2.24) is 39.0 Å². The number of carbonyl (C=O) groups excluding carboxylic acids is 1. The molecule has 1 unspecified atom stereocenters. The number of methoxy groups -OCH3 is 1. The van der Waals surface area contributed by atoms with Crippen LogP contribution in [0.25, 0.3) is 22.3 Å². The van der Waals surface area contributed by atoms with Crippen LogP contribution >= 0.6 is 26.0 Å². The van der Waals surface area contributed by atoms with Gasteiger partial charge in [-0.25, -0.2) is 33.9 Å². The fraction of sp³-hybridized carbons (Fsp3) is 0.633. The number of aliphatic hydroxyl groups excluding tert-OH is 1. The van der Waals surface area contributed by atoms with Crippen molar-refractivity contribution in [3.05, 3.63) is 29.3 Å². The van der Waals surface area contributed by atoms with Gasteiger partial charge in [-0.3, -0.25) is 37.0 Å². The van der Waals surface area contributed by atoms with Crippen LogP contribution in [0.4, 0.5) is 16.6 Å². The van der Waals surface area contributed by atoms with Gasteiger partial charge in [0.05, 0.1) is 44.6 Å². The van der Waals surface area contributed by atoms with Crippen LogP contribution in [0.2, 0.25) is 0 Å². The van der Waals surface area contributed by atoms with Crippen molar-refractivity contribution in [1.29, 1.82) is 0 Å². The lowest BCUT2D eigenvalue weighted by molar-refractivity contribution is -0.0612. The largest absolute Gasteiger partial charge is 0.509 e. The van der Waals surface area contributed by atoms with Gasteiger partial charge in [-0.2, -0.15) is 4.98 Å². The van der Waals surface area contributed by atoms with Crippen LogP contribution in [0.5, 0.6) is 0 Å². The van der Waals surface area contributed by atoms with E-state index in [2.05, 4.69) is 29.9 Å². The van der Waals surface area contributed by atoms with Gasteiger partial charge in [-0.05, 0) is 33.1 Å². The van der Waals surface area contributed by atoms with E-state index in [0.717, 1.165) is 0 Å². The van der Waals surface area contributed by atoms with E-state index in [-0.39, 0.29) is 36.1 Å². The second kappa shape index (κ2) is 15.1. The highest BCUT2D eigenvalue weighted by Crippen LogP contribution is 2.74. The number of anilines is 2. The molecule has 310 valence electrons. The summed E-state index contributed by atoms with van der Waals surface area (Å²) in [4.78, 5) is 48.4. The molecule has 4 aromatic rings. The Hall–Kier alpha value is -3.74. The normalized spacial score (nSPS) is 35.3. The predicted octanol–water partition coefficient (Wildman–Crippen LogP) is 2.28. The van der Waals surface area contributed by atoms with Gasteiger partial charge in [0.15, 0.2) is 34.8 Å². The number of imidazole rings is 2. The van der Waals surface area contributed by atoms with Crippen molar-refractivity contribution in [2.75, 3.05) is 44.3 Å². The minimum atomic E-state index is -4.56. The summed E-state index contributed by atoms with van der Waals surface area (Å²) in [6.45, 7) is -0.635. The Bertz CT molecular complexity index is 2330. The average molecular weight is 859 g/mol. The topological polar surface area (TPSA) is 314 Å². The number of phosphoric ester groups is 1. The highest BCUT2D eigenvalue weighted by molar-refractivity contribution is 8.55. The van der Waals surface area contributed by atoms with Gasteiger partial charge >= 0.3 is 20.8 Å². The maximum Gasteiger partial charge on any atom is 0.509 e. The molecule has 6 heterocycles. The summed E-state index contributed by atoms with van der Waals surface area (Å²) < 4.78 is 85.4. The second-order valence-corrected chi connectivity index (χ2v) is 19.5. The monoisotopic (exact) mass is 858 g/mol. The molecule has 4 fully saturated rings. The number of carbonyl (C=O) groups is 1. The molecule has 8 rings (SSSR count). The molecule has 2 saturated carbocycles. The summed E-state index contributed by atoms with van der Waals surface area (Å²) in [7, 11) is -3.23. The predicted molar refractivity (Wildman–Crippen MR) is 196 cm³/mol. The molecular weight excluding hydrogens is 818 g/mol. The molecule has 2 bridgehead atoms. The molecule has 0 radical (unpaired) electrons. The minimum absolute atomic E-state index is 0.00197. The number of aromatic nitrogens is 8. The highest BCUT2D eigenvalue weighted by Gasteiger charge is 2.74. The van der Waals surface area contributed by atoms with Crippen LogP contribution in [-0.2, 0) is 50.7 Å². The van der Waals surface area contributed by atoms with Gasteiger partial charge < -0.3 is 40.1 Å². The van der Waals surface area contributed by atoms with Gasteiger partial charge in [0.25, 0.3) is 5.56 Å². The first-order chi connectivity index (χ1) is 27.2. The number of nitrogens with zero attached hydrogens (tertiary/aromatic N) is 7. The van der Waals surface area contributed by atoms with Gasteiger partial charge in [0, 0.05) is 23.9 Å². The van der Waals surface area contributed by atoms with Gasteiger partial charge in [-0.1, -0.05) is 0 Å². The van der Waals surface area contributed by atoms with Crippen LogP contribution < -0.4 is 17.0 Å². The van der Waals surface area contributed by atoms with Gasteiger partial charge in [0.2, 0.25) is 5.95 Å². The van der Waals surface area contributed by atoms with E-state index in [1.54, 1.807) is 25.3 Å². The van der Waals surface area contributed by atoms with Crippen molar-refractivity contribution in [2.24, 2.45) is 11.3 Å². The Morgan fingerprint density at radius 3 is 2.65 bits per heavy atom. The van der Waals surface area contributed by atoms with Crippen LogP contribution in [0.1, 0.15) is 39.5 Å². The summed E-state index contributed by atoms with van der Waals surface area (Å²) in [6, 6.07) is -0.784. The summed E-state index contributed by atoms with van der Waals surface area (Å²) >= 11 is 0.524. The molecule has 1 spiro atoms. The Balaban J connectivity index is 1.19. The number of rotatable bonds is 9. The summed E-state index contributed by atoms with van der Waals surface area (Å²) in [5.74, 6) is -1.08. The molecule has 4 aromatic heterocycles. The third kappa shape index (κ3) is 7.22. The lowest BCUT2D eigenvalue weighted by Crippen LogP contribution is -2.38. The first-order valence-corrected chi connectivity index (χ1v) is 22.3. The number of aliphatic hydroxyl groups is 1. The maximum atomic E-state index is 14.9. The van der Waals surface area contributed by atoms with Crippen molar-refractivity contribution in [3.8, 4) is 0 Å². The number of phosphoric acid groups is 1. The lowest BCUT2D eigenvalue weighted by atomic mass is 10.0. The number of ether oxygens (including phenoxy) is 4. The van der Waals surface area contributed by atoms with Crippen molar-refractivity contribution >= 4 is 66.3 Å². The molecule has 11 atom stereocenters. The van der Waals surface area contributed by atoms with Crippen molar-refractivity contribution in [2.45, 2.75) is 76.1 Å². The molecule has 2 aliphatic heterocycles. The lowest BCUT2D eigenvalue weighted by Gasteiger charge is -2.32. The number of aromatic amines is 1. The fourth-order valence-corrected chi connectivity index (χ4v) is 12.0. The first-order valence-electron chi connectivity index (χ1n) is 17.7. The molecular formula is C30H40N10O14P2S. The fourth-order valence-electron chi connectivity index (χ4n) is 7.72. The van der Waals surface area contributed by atoms with E-state index in [0.29, 0.717) is 29.0 Å². The highest BCUT2D eigenvalue weighted by atomic mass is 32.7. The molecule has 2 saturated heterocycles. The number of hydrogen-bond acceptors (Lipinski definition) is 22. The first kappa shape index (κ1) is 40.1. The number of fused-ring (bicyclic) bond motifs is 4. The Morgan fingerprint density at radius 2 is 1.89 bits per heavy atom. The zero-order chi connectivity index (χ0) is 40.4. The summed E-state index contributed by atoms with van der Waals surface area (Å²) in [5.41, 5.74) is 10.7. The minimum Gasteiger partial charge on any atom is -0.432 e. The smallest absolute Gasteiger partial charge is 0.432 e. The molecule has 4 aliphatic rings. The van der Waals surface area contributed by atoms with E-state index < -0.39 is 99.1 Å². The number of nitrogens with one attached hydrogen (secondary N) is 1. The number of nitrogen functional groups attached to an aromatic ring is 2. The van der Waals surface area contributed by atoms with Gasteiger partial charge in [0.1, 0.15) is 42.4 Å². The third-order valence-corrected chi connectivity index (χ3v) is 15.0. The average Bonchev–Trinajstić information content (AvgIpc) is 3.44. The van der Waals surface area contributed by atoms with E-state index >= 15 is 0 Å². The quantitative estimate of drug-likeness (QED) is 0.107. The second-order valence-electron chi connectivity index (χ2n) is 13.9. The summed E-state index contributed by atoms with van der Waals surface area (Å²) in [5, 5.41) is 12.1. The zero-order valence-corrected chi connectivity index (χ0v) is 33.4. The SMILES string of the molecule is CCO[P@]1(=O)OCC23C[C@@H]2[C@@H](n2cnc4c(N)ncnc42)[C@H](O)[C@@H]3O[P@@](=O)(SCOC(=O)OC(C)C)OC[C@H]2O[C@@H](n3cnc4c(=O)[nH]c(N)nc43)[C@H](O1)[C@@H]2OC. The molecule has 2 aliphatic carbocycles. The van der Waals surface area contributed by atoms with Crippen LogP contribution in [-0.4, -0.2) is 120 Å². The molecule has 57 heavy (non-hydrogen) atoms. The van der Waals surface area contributed by atoms with Gasteiger partial charge in [-0.15, -0.1) is 0 Å². The van der Waals surface area contributed by atoms with E-state index in [4.69, 9.17) is 53.0 Å². The standard InChI is InChI=1S/C30H40N10O14P2S/c1-5-48-55(44)50-8-30-6-14(30)18(39-10-35-16-23(31)33-9-34-24(16)39)19(41)22(30)54-56(45,57-12-47-29(43)51-13(2)3)49-7-15-20(46-4)21(53-55)27(52-15)40-11-36-17-25(40)37-28(32)38-26(17)42/h9-11,13-15,18-22,27,41H,5-8,12H2,1-4H3,(H2,31,33,34)(H3,32,37,38,42)/t14-,15-,18-,19+,20-,21-,22+,27-,30?,55-,56+/m1/s1. The Kier molecular flexibility index (Phi) is 10.6. The van der Waals surface area contributed by atoms with E-state index in [9.17, 15) is 23.8 Å². The van der Waals surface area contributed by atoms with Crippen LogP contribution in [0.15, 0.2) is 23.8 Å². The maximum absolute atomic E-state index is 14.9. The molecule has 0 amide bonds. The zero-order valence-electron chi connectivity index (χ0n) is 30.8. The van der Waals surface area contributed by atoms with Crippen LogP contribution in [0.3, 0.4) is 0 Å². The van der Waals surface area contributed by atoms with Crippen molar-refractivity contribution in [3.63, 3.8) is 0 Å². The molecule has 27 heteroatoms. The van der Waals surface area contributed by atoms with E-state index in [1.165, 1.54) is 30.7 Å². The molecule has 6 N–H and O–H groups in total. The Morgan fingerprint density at radius 1 is 1.12 bits per heavy atom. The summed E-state index contributed by atoms with van der Waals surface area (Å²) in [6.07, 6.45) is -4.78. The number of H-pyrrole nitrogens is 1. The third-order valence-electron chi connectivity index (χ3n) is 10.2. The number of hydrogen-bond donors (Lipinski definition) is 4. The molecule has 0 aromatic carbocycles. The Labute approximate surface area is 326 Å². The van der Waals surface area contributed by atoms with E-state index in [1.807, 2.05) is 0 Å².